The van der Waals surface area contributed by atoms with Gasteiger partial charge in [0.15, 0.2) is 0 Å². The number of rotatable bonds is 5. The summed E-state index contributed by atoms with van der Waals surface area (Å²) in [5, 5.41) is 10.5. The maximum absolute atomic E-state index is 5.44. The van der Waals surface area contributed by atoms with Crippen molar-refractivity contribution in [1.82, 2.24) is 20.2 Å². The average Bonchev–Trinajstić information content (AvgIpc) is 3.24. The second-order valence-corrected chi connectivity index (χ2v) is 6.75. The number of anilines is 1. The highest BCUT2D eigenvalue weighted by Gasteiger charge is 2.23. The molecule has 0 amide bonds. The fraction of sp³-hybridized carbons (Fsp3) is 0.350. The predicted molar refractivity (Wildman–Crippen MR) is 101 cm³/mol. The van der Waals surface area contributed by atoms with Gasteiger partial charge in [0, 0.05) is 42.0 Å². The summed E-state index contributed by atoms with van der Waals surface area (Å²) in [6.45, 7) is 0. The first-order valence-corrected chi connectivity index (χ1v) is 9.03. The van der Waals surface area contributed by atoms with Crippen LogP contribution in [0.5, 0.6) is 5.88 Å². The van der Waals surface area contributed by atoms with Crippen LogP contribution in [0.3, 0.4) is 0 Å². The van der Waals surface area contributed by atoms with Crippen LogP contribution in [-0.4, -0.2) is 33.3 Å². The van der Waals surface area contributed by atoms with E-state index in [2.05, 4.69) is 37.6 Å². The summed E-state index contributed by atoms with van der Waals surface area (Å²) in [5.41, 5.74) is 4.33. The Balaban J connectivity index is 1.45. The number of nitrogens with zero attached hydrogens (tertiary/aromatic N) is 3. The molecule has 0 radical (unpaired) electrons. The first-order valence-electron chi connectivity index (χ1n) is 9.03. The Bertz CT molecular complexity index is 827. The molecule has 1 saturated carbocycles. The van der Waals surface area contributed by atoms with Crippen molar-refractivity contribution in [3.63, 3.8) is 0 Å². The molecule has 26 heavy (non-hydrogen) atoms. The highest BCUT2D eigenvalue weighted by Crippen LogP contribution is 2.35. The molecule has 6 nitrogen and oxygen atoms in total. The van der Waals surface area contributed by atoms with Crippen LogP contribution >= 0.6 is 0 Å². The molecule has 4 rings (SSSR count). The highest BCUT2D eigenvalue weighted by atomic mass is 16.5. The standard InChI is InChI=1S/C20H23N5O/c1-26-20-19(9-16(11-22-20)17-12-23-24-13-17)25-18-6-4-14(5-7-18)15-3-2-8-21-10-15/h2-3,8-14,18,25H,4-7H2,1H3,(H,23,24)/t14-,18+. The van der Waals surface area contributed by atoms with Crippen LogP contribution < -0.4 is 10.1 Å². The predicted octanol–water partition coefficient (Wildman–Crippen LogP) is 4.01. The average molecular weight is 349 g/mol. The van der Waals surface area contributed by atoms with Gasteiger partial charge in [0.25, 0.3) is 0 Å². The minimum atomic E-state index is 0.429. The van der Waals surface area contributed by atoms with Crippen molar-refractivity contribution in [3.05, 3.63) is 54.7 Å². The maximum Gasteiger partial charge on any atom is 0.237 e. The zero-order chi connectivity index (χ0) is 17.8. The lowest BCUT2D eigenvalue weighted by Gasteiger charge is -2.30. The molecule has 0 aromatic carbocycles. The van der Waals surface area contributed by atoms with E-state index in [-0.39, 0.29) is 0 Å². The Morgan fingerprint density at radius 2 is 2.00 bits per heavy atom. The van der Waals surface area contributed by atoms with E-state index in [0.29, 0.717) is 17.8 Å². The molecule has 0 saturated heterocycles. The van der Waals surface area contributed by atoms with E-state index in [4.69, 9.17) is 4.74 Å². The Morgan fingerprint density at radius 3 is 2.69 bits per heavy atom. The number of hydrogen-bond acceptors (Lipinski definition) is 5. The molecule has 134 valence electrons. The number of pyridine rings is 2. The smallest absolute Gasteiger partial charge is 0.237 e. The Morgan fingerprint density at radius 1 is 1.12 bits per heavy atom. The monoisotopic (exact) mass is 349 g/mol. The van der Waals surface area contributed by atoms with Crippen LogP contribution in [0.25, 0.3) is 11.1 Å². The second-order valence-electron chi connectivity index (χ2n) is 6.75. The van der Waals surface area contributed by atoms with E-state index in [1.165, 1.54) is 18.4 Å². The molecule has 0 unspecified atom stereocenters. The summed E-state index contributed by atoms with van der Waals surface area (Å²) >= 11 is 0. The highest BCUT2D eigenvalue weighted by molar-refractivity contribution is 5.68. The molecule has 1 fully saturated rings. The third-order valence-electron chi connectivity index (χ3n) is 5.12. The van der Waals surface area contributed by atoms with Crippen LogP contribution in [0.15, 0.2) is 49.2 Å². The zero-order valence-electron chi connectivity index (χ0n) is 14.9. The molecule has 1 aliphatic rings. The summed E-state index contributed by atoms with van der Waals surface area (Å²) < 4.78 is 5.44. The molecule has 3 aromatic rings. The van der Waals surface area contributed by atoms with E-state index in [9.17, 15) is 0 Å². The van der Waals surface area contributed by atoms with Gasteiger partial charge in [-0.1, -0.05) is 6.07 Å². The first kappa shape index (κ1) is 16.6. The minimum Gasteiger partial charge on any atom is -0.480 e. The number of ether oxygens (including phenoxy) is 1. The van der Waals surface area contributed by atoms with Gasteiger partial charge in [-0.3, -0.25) is 10.1 Å². The first-order chi connectivity index (χ1) is 12.8. The van der Waals surface area contributed by atoms with Crippen LogP contribution in [0.2, 0.25) is 0 Å². The van der Waals surface area contributed by atoms with Gasteiger partial charge in [0.2, 0.25) is 5.88 Å². The van der Waals surface area contributed by atoms with Gasteiger partial charge in [0.05, 0.1) is 19.0 Å². The molecular formula is C20H23N5O. The summed E-state index contributed by atoms with van der Waals surface area (Å²) in [6, 6.07) is 6.73. The normalized spacial score (nSPS) is 19.9. The maximum atomic E-state index is 5.44. The lowest BCUT2D eigenvalue weighted by molar-refractivity contribution is 0.392. The van der Waals surface area contributed by atoms with Crippen molar-refractivity contribution < 1.29 is 4.74 Å². The molecule has 6 heteroatoms. The van der Waals surface area contributed by atoms with Crippen LogP contribution in [0.1, 0.15) is 37.2 Å². The fourth-order valence-corrected chi connectivity index (χ4v) is 3.69. The quantitative estimate of drug-likeness (QED) is 0.728. The topological polar surface area (TPSA) is 75.7 Å². The molecular weight excluding hydrogens is 326 g/mol. The molecule has 3 heterocycles. The fourth-order valence-electron chi connectivity index (χ4n) is 3.69. The van der Waals surface area contributed by atoms with E-state index in [1.807, 2.05) is 30.9 Å². The Hall–Kier alpha value is -2.89. The van der Waals surface area contributed by atoms with Crippen LogP contribution in [0.4, 0.5) is 5.69 Å². The Kier molecular flexibility index (Phi) is 4.82. The van der Waals surface area contributed by atoms with Crippen molar-refractivity contribution >= 4 is 5.69 Å². The minimum absolute atomic E-state index is 0.429. The summed E-state index contributed by atoms with van der Waals surface area (Å²) in [5.74, 6) is 1.24. The van der Waals surface area contributed by atoms with E-state index in [1.54, 1.807) is 13.3 Å². The van der Waals surface area contributed by atoms with Gasteiger partial charge >= 0.3 is 0 Å². The molecule has 1 aliphatic carbocycles. The number of methoxy groups -OCH3 is 1. The third-order valence-corrected chi connectivity index (χ3v) is 5.12. The van der Waals surface area contributed by atoms with Gasteiger partial charge in [-0.25, -0.2) is 4.98 Å². The van der Waals surface area contributed by atoms with E-state index >= 15 is 0 Å². The second kappa shape index (κ2) is 7.56. The third kappa shape index (κ3) is 3.54. The number of aromatic amines is 1. The summed E-state index contributed by atoms with van der Waals surface area (Å²) in [7, 11) is 1.66. The van der Waals surface area contributed by atoms with Crippen molar-refractivity contribution in [2.75, 3.05) is 12.4 Å². The van der Waals surface area contributed by atoms with Gasteiger partial charge < -0.3 is 10.1 Å². The molecule has 0 spiro atoms. The van der Waals surface area contributed by atoms with Gasteiger partial charge in [0.1, 0.15) is 0 Å². The van der Waals surface area contributed by atoms with Gasteiger partial charge in [-0.2, -0.15) is 5.10 Å². The van der Waals surface area contributed by atoms with Gasteiger partial charge in [-0.05, 0) is 49.3 Å². The molecule has 0 bridgehead atoms. The summed E-state index contributed by atoms with van der Waals surface area (Å²) in [4.78, 5) is 8.70. The lowest BCUT2D eigenvalue weighted by atomic mass is 9.82. The SMILES string of the molecule is COc1ncc(-c2cn[nH]c2)cc1N[C@H]1CC[C@@H](c2cccnc2)CC1. The molecule has 2 N–H and O–H groups in total. The van der Waals surface area contributed by atoms with Crippen molar-refractivity contribution in [2.24, 2.45) is 0 Å². The van der Waals surface area contributed by atoms with E-state index in [0.717, 1.165) is 29.7 Å². The van der Waals surface area contributed by atoms with E-state index < -0.39 is 0 Å². The number of aromatic nitrogens is 4. The van der Waals surface area contributed by atoms with Crippen molar-refractivity contribution in [3.8, 4) is 17.0 Å². The zero-order valence-corrected chi connectivity index (χ0v) is 14.9. The van der Waals surface area contributed by atoms with Crippen molar-refractivity contribution in [1.29, 1.82) is 0 Å². The molecule has 3 aromatic heterocycles. The molecule has 0 atom stereocenters. The van der Waals surface area contributed by atoms with Crippen LogP contribution in [0, 0.1) is 0 Å². The summed E-state index contributed by atoms with van der Waals surface area (Å²) in [6.07, 6.45) is 13.9. The van der Waals surface area contributed by atoms with Crippen molar-refractivity contribution in [2.45, 2.75) is 37.6 Å². The Labute approximate surface area is 153 Å². The number of nitrogens with one attached hydrogen (secondary N) is 2. The van der Waals surface area contributed by atoms with Crippen LogP contribution in [-0.2, 0) is 0 Å². The number of hydrogen-bond donors (Lipinski definition) is 2. The number of H-pyrrole nitrogens is 1. The largest absolute Gasteiger partial charge is 0.480 e. The lowest BCUT2D eigenvalue weighted by Crippen LogP contribution is -2.25. The van der Waals surface area contributed by atoms with Gasteiger partial charge in [-0.15, -0.1) is 0 Å². The molecule has 0 aliphatic heterocycles.